The van der Waals surface area contributed by atoms with E-state index in [1.54, 1.807) is 54.6 Å². The number of hydrogen-bond donors (Lipinski definition) is 1. The first-order chi connectivity index (χ1) is 17.3. The second-order valence-corrected chi connectivity index (χ2v) is 10.7. The van der Waals surface area contributed by atoms with E-state index in [1.807, 2.05) is 56.3 Å². The molecule has 0 saturated carbocycles. The quantitative estimate of drug-likeness (QED) is 0.344. The van der Waals surface area contributed by atoms with Gasteiger partial charge in [0.05, 0.1) is 16.3 Å². The molecule has 0 aliphatic carbocycles. The highest BCUT2D eigenvalue weighted by molar-refractivity contribution is 7.92. The lowest BCUT2D eigenvalue weighted by molar-refractivity contribution is 0.102. The van der Waals surface area contributed by atoms with Gasteiger partial charge >= 0.3 is 0 Å². The highest BCUT2D eigenvalue weighted by Gasteiger charge is 2.36. The van der Waals surface area contributed by atoms with Crippen molar-refractivity contribution in [3.8, 4) is 11.5 Å². The average molecular weight is 499 g/mol. The van der Waals surface area contributed by atoms with Crippen LogP contribution in [0.3, 0.4) is 0 Å². The number of carbonyl (C=O) groups excluding carboxylic acids is 1. The minimum Gasteiger partial charge on any atom is -0.455 e. The molecule has 0 saturated heterocycles. The Morgan fingerprint density at radius 2 is 1.61 bits per heavy atom. The Morgan fingerprint density at radius 3 is 2.36 bits per heavy atom. The maximum absolute atomic E-state index is 13.4. The predicted octanol–water partition coefficient (Wildman–Crippen LogP) is 6.18. The van der Waals surface area contributed by atoms with E-state index in [9.17, 15) is 13.2 Å². The van der Waals surface area contributed by atoms with E-state index in [-0.39, 0.29) is 16.8 Å². The molecule has 1 aliphatic rings. The molecule has 36 heavy (non-hydrogen) atoms. The fourth-order valence-corrected chi connectivity index (χ4v) is 6.10. The zero-order valence-electron chi connectivity index (χ0n) is 20.0. The largest absolute Gasteiger partial charge is 0.455 e. The first-order valence-corrected chi connectivity index (χ1v) is 13.1. The van der Waals surface area contributed by atoms with Crippen molar-refractivity contribution < 1.29 is 17.9 Å². The molecule has 5 rings (SSSR count). The van der Waals surface area contributed by atoms with Gasteiger partial charge in [-0.2, -0.15) is 0 Å². The van der Waals surface area contributed by atoms with Crippen LogP contribution in [0.15, 0.2) is 102 Å². The summed E-state index contributed by atoms with van der Waals surface area (Å²) in [7, 11) is -3.72. The van der Waals surface area contributed by atoms with Gasteiger partial charge in [0, 0.05) is 11.6 Å². The van der Waals surface area contributed by atoms with Crippen LogP contribution in [0, 0.1) is 6.92 Å². The third-order valence-electron chi connectivity index (χ3n) is 6.18. The van der Waals surface area contributed by atoms with Crippen LogP contribution in [0.1, 0.15) is 28.4 Å². The number of para-hydroxylation sites is 3. The van der Waals surface area contributed by atoms with Gasteiger partial charge in [-0.1, -0.05) is 48.0 Å². The van der Waals surface area contributed by atoms with Gasteiger partial charge in [-0.3, -0.25) is 9.10 Å². The number of anilines is 2. The fourth-order valence-electron chi connectivity index (χ4n) is 4.40. The number of nitrogens with one attached hydrogen (secondary N) is 1. The maximum Gasteiger partial charge on any atom is 0.264 e. The van der Waals surface area contributed by atoms with Gasteiger partial charge in [0.2, 0.25) is 0 Å². The number of nitrogens with zero attached hydrogens (tertiary/aromatic N) is 1. The Morgan fingerprint density at radius 1 is 0.917 bits per heavy atom. The molecule has 1 amide bonds. The summed E-state index contributed by atoms with van der Waals surface area (Å²) < 4.78 is 34.2. The van der Waals surface area contributed by atoms with E-state index in [0.717, 1.165) is 11.1 Å². The molecule has 0 radical (unpaired) electrons. The van der Waals surface area contributed by atoms with E-state index in [0.29, 0.717) is 34.9 Å². The molecular formula is C29H26N2O4S. The number of benzene rings is 4. The summed E-state index contributed by atoms with van der Waals surface area (Å²) in [6.07, 6.45) is 0.523. The molecule has 1 atom stereocenters. The van der Waals surface area contributed by atoms with E-state index in [4.69, 9.17) is 4.74 Å². The van der Waals surface area contributed by atoms with Crippen LogP contribution in [-0.4, -0.2) is 20.4 Å². The van der Waals surface area contributed by atoms with E-state index >= 15 is 0 Å². The van der Waals surface area contributed by atoms with Crippen molar-refractivity contribution in [2.45, 2.75) is 31.2 Å². The number of hydrogen-bond acceptors (Lipinski definition) is 4. The van der Waals surface area contributed by atoms with Crippen molar-refractivity contribution >= 4 is 27.3 Å². The van der Waals surface area contributed by atoms with E-state index in [2.05, 4.69) is 5.32 Å². The molecule has 7 heteroatoms. The number of aryl methyl sites for hydroxylation is 1. The summed E-state index contributed by atoms with van der Waals surface area (Å²) in [5.41, 5.74) is 3.41. The van der Waals surface area contributed by atoms with Gasteiger partial charge in [0.15, 0.2) is 5.75 Å². The van der Waals surface area contributed by atoms with Gasteiger partial charge in [-0.15, -0.1) is 0 Å². The van der Waals surface area contributed by atoms with E-state index < -0.39 is 10.0 Å². The number of rotatable bonds is 6. The molecule has 0 spiro atoms. The summed E-state index contributed by atoms with van der Waals surface area (Å²) in [5.74, 6) is 0.900. The monoisotopic (exact) mass is 498 g/mol. The Bertz CT molecular complexity index is 1520. The summed E-state index contributed by atoms with van der Waals surface area (Å²) in [6, 6.07) is 28.3. The number of fused-ring (bicyclic) bond motifs is 1. The minimum atomic E-state index is -3.72. The van der Waals surface area contributed by atoms with Crippen LogP contribution >= 0.6 is 0 Å². The van der Waals surface area contributed by atoms with Crippen molar-refractivity contribution in [3.63, 3.8) is 0 Å². The van der Waals surface area contributed by atoms with Crippen LogP contribution < -0.4 is 14.4 Å². The number of ether oxygens (including phenoxy) is 1. The van der Waals surface area contributed by atoms with Crippen molar-refractivity contribution in [1.29, 1.82) is 0 Å². The summed E-state index contributed by atoms with van der Waals surface area (Å²) in [6.45, 7) is 3.80. The first kappa shape index (κ1) is 23.6. The first-order valence-electron chi connectivity index (χ1n) is 11.7. The lowest BCUT2D eigenvalue weighted by atomic mass is 10.1. The topological polar surface area (TPSA) is 75.7 Å². The highest BCUT2D eigenvalue weighted by Crippen LogP contribution is 2.37. The molecule has 1 heterocycles. The van der Waals surface area contributed by atoms with Crippen molar-refractivity contribution in [2.24, 2.45) is 0 Å². The molecule has 0 fully saturated rings. The number of amides is 1. The molecule has 1 aliphatic heterocycles. The fraction of sp³-hybridized carbons (Fsp3) is 0.138. The summed E-state index contributed by atoms with van der Waals surface area (Å²) in [5, 5.41) is 2.93. The van der Waals surface area contributed by atoms with Gasteiger partial charge in [-0.05, 0) is 80.4 Å². The third-order valence-corrected chi connectivity index (χ3v) is 8.12. The van der Waals surface area contributed by atoms with Crippen LogP contribution in [-0.2, 0) is 16.4 Å². The van der Waals surface area contributed by atoms with Gasteiger partial charge < -0.3 is 10.1 Å². The molecule has 0 unspecified atom stereocenters. The Balaban J connectivity index is 1.39. The Hall–Kier alpha value is -4.10. The van der Waals surface area contributed by atoms with Crippen LogP contribution in [0.4, 0.5) is 11.4 Å². The normalized spacial score (nSPS) is 14.8. The van der Waals surface area contributed by atoms with Gasteiger partial charge in [0.1, 0.15) is 5.75 Å². The van der Waals surface area contributed by atoms with Crippen molar-refractivity contribution in [3.05, 3.63) is 114 Å². The van der Waals surface area contributed by atoms with Crippen LogP contribution in [0.25, 0.3) is 0 Å². The molecule has 4 aromatic carbocycles. The molecule has 6 nitrogen and oxygen atoms in total. The molecule has 182 valence electrons. The zero-order valence-corrected chi connectivity index (χ0v) is 20.8. The lowest BCUT2D eigenvalue weighted by Gasteiger charge is -2.24. The SMILES string of the molecule is Cc1ccc(S(=O)(=O)N2c3ccc(C(=O)Nc4ccccc4Oc4ccccc4)cc3C[C@H]2C)cc1. The second kappa shape index (κ2) is 9.51. The molecular weight excluding hydrogens is 472 g/mol. The summed E-state index contributed by atoms with van der Waals surface area (Å²) in [4.78, 5) is 13.4. The van der Waals surface area contributed by atoms with Crippen molar-refractivity contribution in [1.82, 2.24) is 0 Å². The molecule has 1 N–H and O–H groups in total. The molecule has 0 bridgehead atoms. The zero-order chi connectivity index (χ0) is 25.3. The highest BCUT2D eigenvalue weighted by atomic mass is 32.2. The smallest absolute Gasteiger partial charge is 0.264 e. The standard InChI is InChI=1S/C29H26N2O4S/c1-20-12-15-25(16-13-20)36(33,34)31-21(2)18-23-19-22(14-17-27(23)31)29(32)30-26-10-6-7-11-28(26)35-24-8-4-3-5-9-24/h3-17,19,21H,18H2,1-2H3,(H,30,32)/t21-/m1/s1. The summed E-state index contributed by atoms with van der Waals surface area (Å²) >= 11 is 0. The molecule has 4 aromatic rings. The maximum atomic E-state index is 13.4. The average Bonchev–Trinajstić information content (AvgIpc) is 3.21. The lowest BCUT2D eigenvalue weighted by Crippen LogP contribution is -2.35. The van der Waals surface area contributed by atoms with Crippen LogP contribution in [0.5, 0.6) is 11.5 Å². The second-order valence-electron chi connectivity index (χ2n) is 8.88. The van der Waals surface area contributed by atoms with Gasteiger partial charge in [0.25, 0.3) is 15.9 Å². The van der Waals surface area contributed by atoms with Crippen molar-refractivity contribution in [2.75, 3.05) is 9.62 Å². The minimum absolute atomic E-state index is 0.254. The van der Waals surface area contributed by atoms with E-state index in [1.165, 1.54) is 4.31 Å². The Labute approximate surface area is 211 Å². The molecule has 0 aromatic heterocycles. The third kappa shape index (κ3) is 4.57. The van der Waals surface area contributed by atoms with Gasteiger partial charge in [-0.25, -0.2) is 8.42 Å². The Kier molecular flexibility index (Phi) is 6.24. The predicted molar refractivity (Wildman–Crippen MR) is 141 cm³/mol. The van der Waals surface area contributed by atoms with Crippen LogP contribution in [0.2, 0.25) is 0 Å². The number of sulfonamides is 1. The number of carbonyl (C=O) groups is 1.